The minimum atomic E-state index is -0.851. The third kappa shape index (κ3) is 5.09. The van der Waals surface area contributed by atoms with E-state index in [1.165, 1.54) is 43.7 Å². The molecule has 0 aromatic heterocycles. The van der Waals surface area contributed by atoms with E-state index in [2.05, 4.69) is 10.5 Å². The number of ether oxygens (including phenoxy) is 4. The van der Waals surface area contributed by atoms with E-state index < -0.39 is 23.8 Å². The average Bonchev–Trinajstić information content (AvgIpc) is 2.84. The third-order valence-corrected chi connectivity index (χ3v) is 4.67. The molecular weight excluding hydrogens is 431 g/mol. The zero-order valence-corrected chi connectivity index (χ0v) is 17.5. The number of hydrogen-bond donors (Lipinski definition) is 1. The Bertz CT molecular complexity index is 1210. The predicted molar refractivity (Wildman–Crippen MR) is 116 cm³/mol. The van der Waals surface area contributed by atoms with Crippen molar-refractivity contribution in [3.8, 4) is 23.0 Å². The van der Waals surface area contributed by atoms with Crippen LogP contribution in [0.5, 0.6) is 23.0 Å². The number of nitrogens with one attached hydrogen (secondary N) is 1. The number of esters is 1. The van der Waals surface area contributed by atoms with Crippen LogP contribution in [0.25, 0.3) is 0 Å². The maximum Gasteiger partial charge on any atom is 0.346 e. The van der Waals surface area contributed by atoms with Gasteiger partial charge in [-0.3, -0.25) is 4.79 Å². The summed E-state index contributed by atoms with van der Waals surface area (Å²) in [6, 6.07) is 17.2. The molecule has 0 radical (unpaired) electrons. The number of carbonyl (C=O) groups is 2. The van der Waals surface area contributed by atoms with Crippen molar-refractivity contribution in [3.63, 3.8) is 0 Å². The van der Waals surface area contributed by atoms with Gasteiger partial charge >= 0.3 is 5.97 Å². The van der Waals surface area contributed by atoms with Gasteiger partial charge in [0.05, 0.1) is 18.9 Å². The van der Waals surface area contributed by atoms with Crippen LogP contribution in [0.1, 0.15) is 15.9 Å². The molecule has 1 aliphatic heterocycles. The summed E-state index contributed by atoms with van der Waals surface area (Å²) in [5.74, 6) is -0.601. The standard InChI is InChI=1S/C24H19FN2O6/c1-30-21-12-15(10-11-20(21)33-24(29)16-6-2-3-7-17(16)25)13-26-27-23(28)22-14-31-18-8-4-5-9-19(18)32-22/h2-13,22H,14H2,1H3,(H,27,28)/b26-13-/t22-/m0/s1. The van der Waals surface area contributed by atoms with Gasteiger partial charge in [0.2, 0.25) is 6.10 Å². The molecule has 0 bridgehead atoms. The van der Waals surface area contributed by atoms with Crippen molar-refractivity contribution in [2.24, 2.45) is 5.10 Å². The molecule has 3 aromatic rings. The van der Waals surface area contributed by atoms with E-state index >= 15 is 0 Å². The Balaban J connectivity index is 1.38. The Labute approximate surface area is 188 Å². The lowest BCUT2D eigenvalue weighted by molar-refractivity contribution is -0.130. The van der Waals surface area contributed by atoms with Crippen molar-refractivity contribution >= 4 is 18.1 Å². The van der Waals surface area contributed by atoms with Gasteiger partial charge in [0.25, 0.3) is 5.91 Å². The van der Waals surface area contributed by atoms with Crippen molar-refractivity contribution in [1.29, 1.82) is 0 Å². The number of amides is 1. The maximum absolute atomic E-state index is 13.8. The molecule has 1 N–H and O–H groups in total. The van der Waals surface area contributed by atoms with Crippen LogP contribution in [-0.2, 0) is 4.79 Å². The van der Waals surface area contributed by atoms with Crippen LogP contribution in [0.2, 0.25) is 0 Å². The maximum atomic E-state index is 13.8. The van der Waals surface area contributed by atoms with E-state index in [4.69, 9.17) is 18.9 Å². The highest BCUT2D eigenvalue weighted by Gasteiger charge is 2.27. The molecule has 3 aromatic carbocycles. The number of hydrogen-bond acceptors (Lipinski definition) is 7. The van der Waals surface area contributed by atoms with Crippen molar-refractivity contribution in [1.82, 2.24) is 5.43 Å². The molecular formula is C24H19FN2O6. The second-order valence-electron chi connectivity index (χ2n) is 6.88. The van der Waals surface area contributed by atoms with Gasteiger partial charge in [-0.2, -0.15) is 5.10 Å². The Morgan fingerprint density at radius 2 is 1.82 bits per heavy atom. The van der Waals surface area contributed by atoms with E-state index in [9.17, 15) is 14.0 Å². The molecule has 9 heteroatoms. The molecule has 33 heavy (non-hydrogen) atoms. The van der Waals surface area contributed by atoms with Crippen molar-refractivity contribution in [2.45, 2.75) is 6.10 Å². The lowest BCUT2D eigenvalue weighted by Crippen LogP contribution is -2.42. The van der Waals surface area contributed by atoms with Crippen molar-refractivity contribution < 1.29 is 32.9 Å². The van der Waals surface area contributed by atoms with Crippen molar-refractivity contribution in [2.75, 3.05) is 13.7 Å². The molecule has 1 aliphatic rings. The number of halogens is 1. The van der Waals surface area contributed by atoms with Crippen LogP contribution in [0.4, 0.5) is 4.39 Å². The Hall–Kier alpha value is -4.40. The minimum absolute atomic E-state index is 0.0638. The van der Waals surface area contributed by atoms with E-state index in [0.29, 0.717) is 17.1 Å². The van der Waals surface area contributed by atoms with Crippen LogP contribution in [0.15, 0.2) is 71.8 Å². The molecule has 8 nitrogen and oxygen atoms in total. The summed E-state index contributed by atoms with van der Waals surface area (Å²) in [6.45, 7) is 0.0638. The Morgan fingerprint density at radius 3 is 2.61 bits per heavy atom. The summed E-state index contributed by atoms with van der Waals surface area (Å²) in [4.78, 5) is 24.6. The number of carbonyl (C=O) groups excluding carboxylic acids is 2. The summed E-state index contributed by atoms with van der Waals surface area (Å²) in [7, 11) is 1.40. The fourth-order valence-corrected chi connectivity index (χ4v) is 3.02. The second-order valence-corrected chi connectivity index (χ2v) is 6.88. The topological polar surface area (TPSA) is 95.5 Å². The van der Waals surface area contributed by atoms with Gasteiger partial charge < -0.3 is 18.9 Å². The van der Waals surface area contributed by atoms with Crippen LogP contribution < -0.4 is 24.4 Å². The minimum Gasteiger partial charge on any atom is -0.493 e. The third-order valence-electron chi connectivity index (χ3n) is 4.67. The number of nitrogens with zero attached hydrogens (tertiary/aromatic N) is 1. The highest BCUT2D eigenvalue weighted by molar-refractivity contribution is 5.92. The number of hydrazone groups is 1. The SMILES string of the molecule is COc1cc(/C=N\NC(=O)[C@@H]2COc3ccccc3O2)ccc1OC(=O)c1ccccc1F. The van der Waals surface area contributed by atoms with E-state index in [1.807, 2.05) is 6.07 Å². The molecule has 0 aliphatic carbocycles. The van der Waals surface area contributed by atoms with Crippen LogP contribution in [-0.4, -0.2) is 37.9 Å². The average molecular weight is 450 g/mol. The highest BCUT2D eigenvalue weighted by Crippen LogP contribution is 2.31. The number of benzene rings is 3. The van der Waals surface area contributed by atoms with Crippen LogP contribution in [0, 0.1) is 5.82 Å². The Kier molecular flexibility index (Phi) is 6.49. The van der Waals surface area contributed by atoms with E-state index in [1.54, 1.807) is 30.3 Å². The zero-order chi connectivity index (χ0) is 23.2. The summed E-state index contributed by atoms with van der Waals surface area (Å²) in [6.07, 6.45) is 0.548. The normalized spacial score (nSPS) is 14.5. The molecule has 0 fully saturated rings. The first-order valence-corrected chi connectivity index (χ1v) is 9.91. The lowest BCUT2D eigenvalue weighted by atomic mass is 10.2. The van der Waals surface area contributed by atoms with Gasteiger partial charge in [-0.1, -0.05) is 24.3 Å². The van der Waals surface area contributed by atoms with E-state index in [0.717, 1.165) is 0 Å². The first-order chi connectivity index (χ1) is 16.0. The molecule has 0 unspecified atom stereocenters. The first-order valence-electron chi connectivity index (χ1n) is 9.91. The number of fused-ring (bicyclic) bond motifs is 1. The summed E-state index contributed by atoms with van der Waals surface area (Å²) in [5, 5.41) is 3.92. The molecule has 1 heterocycles. The summed E-state index contributed by atoms with van der Waals surface area (Å²) in [5.41, 5.74) is 2.77. The molecule has 4 rings (SSSR count). The fourth-order valence-electron chi connectivity index (χ4n) is 3.02. The molecule has 0 saturated carbocycles. The zero-order valence-electron chi connectivity index (χ0n) is 17.5. The lowest BCUT2D eigenvalue weighted by Gasteiger charge is -2.24. The van der Waals surface area contributed by atoms with Gasteiger partial charge in [-0.05, 0) is 48.0 Å². The molecule has 168 valence electrons. The van der Waals surface area contributed by atoms with Gasteiger partial charge in [0.15, 0.2) is 23.0 Å². The van der Waals surface area contributed by atoms with Crippen LogP contribution in [0.3, 0.4) is 0 Å². The number of para-hydroxylation sites is 2. The molecule has 0 saturated heterocycles. The highest BCUT2D eigenvalue weighted by atomic mass is 19.1. The molecule has 0 spiro atoms. The summed E-state index contributed by atoms with van der Waals surface area (Å²) < 4.78 is 35.5. The van der Waals surface area contributed by atoms with Gasteiger partial charge in [0, 0.05) is 0 Å². The van der Waals surface area contributed by atoms with Gasteiger partial charge in [0.1, 0.15) is 12.4 Å². The van der Waals surface area contributed by atoms with E-state index in [-0.39, 0.29) is 23.7 Å². The van der Waals surface area contributed by atoms with Crippen molar-refractivity contribution in [3.05, 3.63) is 83.7 Å². The fraction of sp³-hybridized carbons (Fsp3) is 0.125. The van der Waals surface area contributed by atoms with Gasteiger partial charge in [-0.25, -0.2) is 14.6 Å². The number of rotatable bonds is 6. The molecule has 1 amide bonds. The quantitative estimate of drug-likeness (QED) is 0.268. The predicted octanol–water partition coefficient (Wildman–Crippen LogP) is 3.34. The molecule has 1 atom stereocenters. The monoisotopic (exact) mass is 450 g/mol. The first kappa shape index (κ1) is 21.8. The van der Waals surface area contributed by atoms with Crippen LogP contribution >= 0.6 is 0 Å². The smallest absolute Gasteiger partial charge is 0.346 e. The second kappa shape index (κ2) is 9.82. The largest absolute Gasteiger partial charge is 0.493 e. The number of methoxy groups -OCH3 is 1. The summed E-state index contributed by atoms with van der Waals surface area (Å²) >= 11 is 0. The van der Waals surface area contributed by atoms with Gasteiger partial charge in [-0.15, -0.1) is 0 Å². The Morgan fingerprint density at radius 1 is 1.06 bits per heavy atom.